The second-order valence-electron chi connectivity index (χ2n) is 3.10. The standard InChI is InChI=1S/C6H16N6/c1-3(2)4-9-5(7)11-6(10-4)12-8/h3-5,9H,7-8H2,1-2H3,(H2,10,11,12). The number of hydrogen-bond acceptors (Lipinski definition) is 6. The Morgan fingerprint density at radius 3 is 2.75 bits per heavy atom. The van der Waals surface area contributed by atoms with Gasteiger partial charge < -0.3 is 5.32 Å². The SMILES string of the molecule is CC(C)C1NC(NN)=NC(N)N1. The van der Waals surface area contributed by atoms with Crippen molar-refractivity contribution >= 4 is 5.96 Å². The summed E-state index contributed by atoms with van der Waals surface area (Å²) >= 11 is 0. The van der Waals surface area contributed by atoms with E-state index in [1.165, 1.54) is 0 Å². The maximum absolute atomic E-state index is 5.59. The second-order valence-corrected chi connectivity index (χ2v) is 3.10. The molecule has 0 aliphatic carbocycles. The topological polar surface area (TPSA) is 100 Å². The molecule has 2 atom stereocenters. The molecule has 0 aromatic heterocycles. The van der Waals surface area contributed by atoms with Crippen LogP contribution in [0, 0.1) is 5.92 Å². The van der Waals surface area contributed by atoms with Crippen molar-refractivity contribution in [1.29, 1.82) is 0 Å². The van der Waals surface area contributed by atoms with E-state index in [9.17, 15) is 0 Å². The van der Waals surface area contributed by atoms with E-state index in [0.29, 0.717) is 11.9 Å². The molecule has 1 aliphatic heterocycles. The van der Waals surface area contributed by atoms with E-state index in [2.05, 4.69) is 34.9 Å². The molecule has 0 spiro atoms. The van der Waals surface area contributed by atoms with Crippen LogP contribution in [0.2, 0.25) is 0 Å². The van der Waals surface area contributed by atoms with Crippen LogP contribution in [0.5, 0.6) is 0 Å². The van der Waals surface area contributed by atoms with E-state index in [1.807, 2.05) is 0 Å². The van der Waals surface area contributed by atoms with Crippen LogP contribution >= 0.6 is 0 Å². The molecule has 70 valence electrons. The number of hydrazine groups is 1. The highest BCUT2D eigenvalue weighted by Crippen LogP contribution is 2.01. The summed E-state index contributed by atoms with van der Waals surface area (Å²) in [6.45, 7) is 4.16. The number of guanidine groups is 1. The predicted molar refractivity (Wildman–Crippen MR) is 47.6 cm³/mol. The molecule has 0 aromatic carbocycles. The summed E-state index contributed by atoms with van der Waals surface area (Å²) in [5.74, 6) is 6.15. The lowest BCUT2D eigenvalue weighted by molar-refractivity contribution is 0.317. The van der Waals surface area contributed by atoms with Gasteiger partial charge in [-0.25, -0.2) is 10.8 Å². The third-order valence-corrected chi connectivity index (χ3v) is 1.71. The number of nitrogens with two attached hydrogens (primary N) is 2. The monoisotopic (exact) mass is 172 g/mol. The quantitative estimate of drug-likeness (QED) is 0.238. The first-order valence-corrected chi connectivity index (χ1v) is 3.96. The van der Waals surface area contributed by atoms with Crippen molar-refractivity contribution in [3.8, 4) is 0 Å². The van der Waals surface area contributed by atoms with Gasteiger partial charge in [0.25, 0.3) is 0 Å². The van der Waals surface area contributed by atoms with Crippen LogP contribution in [0.25, 0.3) is 0 Å². The molecule has 0 saturated heterocycles. The largest absolute Gasteiger partial charge is 0.340 e. The Hall–Kier alpha value is -0.850. The highest BCUT2D eigenvalue weighted by Gasteiger charge is 2.21. The van der Waals surface area contributed by atoms with Gasteiger partial charge in [-0.15, -0.1) is 0 Å². The fourth-order valence-corrected chi connectivity index (χ4v) is 1.02. The van der Waals surface area contributed by atoms with Crippen LogP contribution in [-0.4, -0.2) is 18.4 Å². The van der Waals surface area contributed by atoms with E-state index in [-0.39, 0.29) is 12.5 Å². The summed E-state index contributed by atoms with van der Waals surface area (Å²) < 4.78 is 0. The summed E-state index contributed by atoms with van der Waals surface area (Å²) in [5.41, 5.74) is 8.03. The van der Waals surface area contributed by atoms with Crippen LogP contribution in [0.3, 0.4) is 0 Å². The maximum atomic E-state index is 5.59. The minimum absolute atomic E-state index is 0.114. The molecule has 12 heavy (non-hydrogen) atoms. The van der Waals surface area contributed by atoms with Gasteiger partial charge >= 0.3 is 0 Å². The molecule has 6 heteroatoms. The van der Waals surface area contributed by atoms with Crippen LogP contribution in [-0.2, 0) is 0 Å². The Morgan fingerprint density at radius 1 is 1.58 bits per heavy atom. The average molecular weight is 172 g/mol. The molecular formula is C6H16N6. The molecule has 1 rings (SSSR count). The van der Waals surface area contributed by atoms with Crippen LogP contribution in [0.4, 0.5) is 0 Å². The molecule has 7 N–H and O–H groups in total. The lowest BCUT2D eigenvalue weighted by Gasteiger charge is -2.31. The molecule has 0 aromatic rings. The minimum atomic E-state index is -0.385. The van der Waals surface area contributed by atoms with Crippen molar-refractivity contribution in [2.75, 3.05) is 0 Å². The van der Waals surface area contributed by atoms with Gasteiger partial charge in [0.1, 0.15) is 0 Å². The predicted octanol–water partition coefficient (Wildman–Crippen LogP) is -1.78. The summed E-state index contributed by atoms with van der Waals surface area (Å²) in [4.78, 5) is 3.97. The fourth-order valence-electron chi connectivity index (χ4n) is 1.02. The number of nitrogens with zero attached hydrogens (tertiary/aromatic N) is 1. The van der Waals surface area contributed by atoms with Crippen molar-refractivity contribution in [2.24, 2.45) is 22.5 Å². The Morgan fingerprint density at radius 2 is 2.25 bits per heavy atom. The Kier molecular flexibility index (Phi) is 2.85. The molecule has 2 unspecified atom stereocenters. The van der Waals surface area contributed by atoms with E-state index in [4.69, 9.17) is 11.6 Å². The first-order valence-electron chi connectivity index (χ1n) is 3.96. The molecule has 1 heterocycles. The molecule has 1 aliphatic rings. The van der Waals surface area contributed by atoms with Gasteiger partial charge in [0.15, 0.2) is 6.29 Å². The van der Waals surface area contributed by atoms with Gasteiger partial charge in [-0.1, -0.05) is 13.8 Å². The van der Waals surface area contributed by atoms with Gasteiger partial charge in [-0.05, 0) is 5.92 Å². The van der Waals surface area contributed by atoms with Crippen LogP contribution in [0.15, 0.2) is 4.99 Å². The van der Waals surface area contributed by atoms with Crippen molar-refractivity contribution in [2.45, 2.75) is 26.3 Å². The Bertz CT molecular complexity index is 177. The van der Waals surface area contributed by atoms with Gasteiger partial charge in [0.05, 0.1) is 6.17 Å². The van der Waals surface area contributed by atoms with Crippen molar-refractivity contribution in [3.63, 3.8) is 0 Å². The molecule has 0 saturated carbocycles. The first kappa shape index (κ1) is 9.24. The third kappa shape index (κ3) is 2.07. The average Bonchev–Trinajstić information content (AvgIpc) is 2.03. The molecule has 6 nitrogen and oxygen atoms in total. The smallest absolute Gasteiger partial charge is 0.209 e. The number of rotatable bonds is 1. The normalized spacial score (nSPS) is 29.6. The van der Waals surface area contributed by atoms with Crippen molar-refractivity contribution in [3.05, 3.63) is 0 Å². The minimum Gasteiger partial charge on any atom is -0.340 e. The van der Waals surface area contributed by atoms with E-state index in [0.717, 1.165) is 0 Å². The van der Waals surface area contributed by atoms with Crippen LogP contribution < -0.4 is 27.6 Å². The zero-order valence-electron chi connectivity index (χ0n) is 7.33. The van der Waals surface area contributed by atoms with Gasteiger partial charge in [0.2, 0.25) is 5.96 Å². The fraction of sp³-hybridized carbons (Fsp3) is 0.833. The van der Waals surface area contributed by atoms with Gasteiger partial charge in [-0.3, -0.25) is 16.5 Å². The van der Waals surface area contributed by atoms with Gasteiger partial charge in [-0.2, -0.15) is 0 Å². The van der Waals surface area contributed by atoms with Crippen molar-refractivity contribution in [1.82, 2.24) is 16.1 Å². The lowest BCUT2D eigenvalue weighted by Crippen LogP contribution is -2.62. The summed E-state index contributed by atoms with van der Waals surface area (Å²) in [6, 6.07) is 0. The number of aliphatic imine (C=N–C) groups is 1. The second kappa shape index (κ2) is 3.70. The summed E-state index contributed by atoms with van der Waals surface area (Å²) in [7, 11) is 0. The van der Waals surface area contributed by atoms with Crippen LogP contribution in [0.1, 0.15) is 13.8 Å². The summed E-state index contributed by atoms with van der Waals surface area (Å²) in [6.07, 6.45) is -0.270. The zero-order valence-corrected chi connectivity index (χ0v) is 7.33. The first-order chi connectivity index (χ1) is 5.63. The van der Waals surface area contributed by atoms with E-state index >= 15 is 0 Å². The third-order valence-electron chi connectivity index (χ3n) is 1.71. The van der Waals surface area contributed by atoms with E-state index in [1.54, 1.807) is 0 Å². The zero-order chi connectivity index (χ0) is 9.14. The lowest BCUT2D eigenvalue weighted by atomic mass is 10.1. The molecule has 0 bridgehead atoms. The maximum Gasteiger partial charge on any atom is 0.209 e. The molecule has 0 radical (unpaired) electrons. The van der Waals surface area contributed by atoms with E-state index < -0.39 is 0 Å². The molecular weight excluding hydrogens is 156 g/mol. The Labute approximate surface area is 71.8 Å². The van der Waals surface area contributed by atoms with Gasteiger partial charge in [0, 0.05) is 0 Å². The molecule has 0 amide bonds. The highest BCUT2D eigenvalue weighted by atomic mass is 15.4. The van der Waals surface area contributed by atoms with Crippen molar-refractivity contribution < 1.29 is 0 Å². The Balaban J connectivity index is 2.59. The number of hydrogen-bond donors (Lipinski definition) is 5. The number of nitrogens with one attached hydrogen (secondary N) is 3. The molecule has 0 fully saturated rings. The highest BCUT2D eigenvalue weighted by molar-refractivity contribution is 5.80. The summed E-state index contributed by atoms with van der Waals surface area (Å²) in [5, 5.41) is 6.12.